The lowest BCUT2D eigenvalue weighted by Gasteiger charge is -2.22. The zero-order valence-electron chi connectivity index (χ0n) is 11.8. The van der Waals surface area contributed by atoms with Gasteiger partial charge in [0, 0.05) is 30.4 Å². The van der Waals surface area contributed by atoms with E-state index < -0.39 is 4.92 Å². The molecule has 108 valence electrons. The van der Waals surface area contributed by atoms with E-state index in [2.05, 4.69) is 5.32 Å². The van der Waals surface area contributed by atoms with Crippen molar-refractivity contribution in [1.29, 1.82) is 0 Å². The first-order chi connectivity index (χ1) is 9.49. The topological polar surface area (TPSA) is 75.5 Å². The fourth-order valence-corrected chi connectivity index (χ4v) is 2.47. The van der Waals surface area contributed by atoms with Crippen LogP contribution in [0.1, 0.15) is 25.3 Å². The number of nitro groups is 1. The van der Waals surface area contributed by atoms with Crippen LogP contribution in [0.3, 0.4) is 0 Å². The second-order valence-corrected chi connectivity index (χ2v) is 5.16. The van der Waals surface area contributed by atoms with E-state index in [1.807, 2.05) is 11.8 Å². The van der Waals surface area contributed by atoms with Crippen molar-refractivity contribution >= 4 is 17.3 Å². The summed E-state index contributed by atoms with van der Waals surface area (Å²) in [6.45, 7) is 5.15. The molecule has 20 heavy (non-hydrogen) atoms. The zero-order chi connectivity index (χ0) is 14.7. The normalized spacial score (nSPS) is 16.0. The van der Waals surface area contributed by atoms with Crippen molar-refractivity contribution in [3.8, 4) is 0 Å². The number of carbonyl (C=O) groups excluding carboxylic acids is 1. The molecule has 1 aromatic carbocycles. The molecule has 1 unspecified atom stereocenters. The minimum atomic E-state index is -0.405. The Morgan fingerprint density at radius 1 is 1.40 bits per heavy atom. The highest BCUT2D eigenvalue weighted by Gasteiger charge is 2.23. The molecule has 6 nitrogen and oxygen atoms in total. The van der Waals surface area contributed by atoms with Crippen LogP contribution in [0.4, 0.5) is 11.4 Å². The van der Waals surface area contributed by atoms with Crippen molar-refractivity contribution in [2.24, 2.45) is 0 Å². The molecular weight excluding hydrogens is 258 g/mol. The Morgan fingerprint density at radius 2 is 2.05 bits per heavy atom. The van der Waals surface area contributed by atoms with Gasteiger partial charge in [0.2, 0.25) is 5.91 Å². The highest BCUT2D eigenvalue weighted by atomic mass is 16.6. The number of likely N-dealkylation sites (tertiary alicyclic amines) is 1. The summed E-state index contributed by atoms with van der Waals surface area (Å²) in [5.41, 5.74) is 1.41. The average Bonchev–Trinajstić information content (AvgIpc) is 2.91. The predicted molar refractivity (Wildman–Crippen MR) is 76.7 cm³/mol. The zero-order valence-corrected chi connectivity index (χ0v) is 11.8. The molecule has 0 spiro atoms. The summed E-state index contributed by atoms with van der Waals surface area (Å²) in [6.07, 6.45) is 2.13. The molecule has 2 rings (SSSR count). The highest BCUT2D eigenvalue weighted by Crippen LogP contribution is 2.22. The third-order valence-corrected chi connectivity index (χ3v) is 3.56. The van der Waals surface area contributed by atoms with E-state index in [0.717, 1.165) is 31.6 Å². The second-order valence-electron chi connectivity index (χ2n) is 5.16. The fraction of sp³-hybridized carbons (Fsp3) is 0.500. The summed E-state index contributed by atoms with van der Waals surface area (Å²) in [5.74, 6) is 0.0819. The first kappa shape index (κ1) is 14.3. The average molecular weight is 277 g/mol. The van der Waals surface area contributed by atoms with Crippen molar-refractivity contribution < 1.29 is 9.72 Å². The van der Waals surface area contributed by atoms with Crippen LogP contribution in [0, 0.1) is 17.0 Å². The number of benzene rings is 1. The Morgan fingerprint density at radius 3 is 2.60 bits per heavy atom. The van der Waals surface area contributed by atoms with E-state index in [1.54, 1.807) is 19.1 Å². The van der Waals surface area contributed by atoms with Crippen LogP contribution in [-0.4, -0.2) is 34.9 Å². The van der Waals surface area contributed by atoms with Gasteiger partial charge in [-0.25, -0.2) is 0 Å². The molecule has 0 aliphatic carbocycles. The molecule has 1 fully saturated rings. The lowest BCUT2D eigenvalue weighted by molar-refractivity contribution is -0.385. The monoisotopic (exact) mass is 277 g/mol. The summed E-state index contributed by atoms with van der Waals surface area (Å²) in [6, 6.07) is 4.48. The molecule has 0 saturated carbocycles. The van der Waals surface area contributed by atoms with Gasteiger partial charge < -0.3 is 10.2 Å². The second kappa shape index (κ2) is 5.90. The molecule has 6 heteroatoms. The van der Waals surface area contributed by atoms with Crippen LogP contribution in [0.2, 0.25) is 0 Å². The van der Waals surface area contributed by atoms with E-state index >= 15 is 0 Å². The van der Waals surface area contributed by atoms with Crippen molar-refractivity contribution in [1.82, 2.24) is 4.90 Å². The van der Waals surface area contributed by atoms with Crippen LogP contribution in [0.15, 0.2) is 18.2 Å². The van der Waals surface area contributed by atoms with Crippen molar-refractivity contribution in [2.45, 2.75) is 32.7 Å². The van der Waals surface area contributed by atoms with Crippen LogP contribution in [0.25, 0.3) is 0 Å². The third-order valence-electron chi connectivity index (χ3n) is 3.56. The smallest absolute Gasteiger partial charge is 0.272 e. The number of nitrogens with one attached hydrogen (secondary N) is 1. The van der Waals surface area contributed by atoms with Crippen molar-refractivity contribution in [3.05, 3.63) is 33.9 Å². The van der Waals surface area contributed by atoms with Crippen LogP contribution in [0.5, 0.6) is 0 Å². The van der Waals surface area contributed by atoms with Crippen LogP contribution < -0.4 is 5.32 Å². The SMILES string of the molecule is Cc1cc(NC(C)C(=O)N2CCCC2)ccc1[N+](=O)[O-]. The van der Waals surface area contributed by atoms with Crippen molar-refractivity contribution in [3.63, 3.8) is 0 Å². The van der Waals surface area contributed by atoms with Crippen LogP contribution in [-0.2, 0) is 4.79 Å². The largest absolute Gasteiger partial charge is 0.374 e. The maximum atomic E-state index is 12.2. The third kappa shape index (κ3) is 3.07. The fourth-order valence-electron chi connectivity index (χ4n) is 2.47. The summed E-state index contributed by atoms with van der Waals surface area (Å²) in [4.78, 5) is 24.4. The Bertz CT molecular complexity index is 524. The summed E-state index contributed by atoms with van der Waals surface area (Å²) in [5, 5.41) is 13.9. The first-order valence-corrected chi connectivity index (χ1v) is 6.79. The lowest BCUT2D eigenvalue weighted by Crippen LogP contribution is -2.39. The molecule has 0 aromatic heterocycles. The first-order valence-electron chi connectivity index (χ1n) is 6.79. The minimum absolute atomic E-state index is 0.0819. The van der Waals surface area contributed by atoms with Gasteiger partial charge in [-0.1, -0.05) is 0 Å². The van der Waals surface area contributed by atoms with Gasteiger partial charge in [-0.2, -0.15) is 0 Å². The summed E-state index contributed by atoms with van der Waals surface area (Å²) >= 11 is 0. The number of nitro benzene ring substituents is 1. The molecule has 1 N–H and O–H groups in total. The Hall–Kier alpha value is -2.11. The van der Waals surface area contributed by atoms with E-state index in [-0.39, 0.29) is 17.6 Å². The highest BCUT2D eigenvalue weighted by molar-refractivity contribution is 5.84. The maximum Gasteiger partial charge on any atom is 0.272 e. The molecule has 1 aromatic rings. The van der Waals surface area contributed by atoms with E-state index in [4.69, 9.17) is 0 Å². The molecule has 1 saturated heterocycles. The number of hydrogen-bond acceptors (Lipinski definition) is 4. The number of carbonyl (C=O) groups is 1. The van der Waals surface area contributed by atoms with Gasteiger partial charge in [-0.3, -0.25) is 14.9 Å². The number of anilines is 1. The van der Waals surface area contributed by atoms with Gasteiger partial charge in [0.05, 0.1) is 4.92 Å². The number of rotatable bonds is 4. The number of aryl methyl sites for hydroxylation is 1. The molecular formula is C14H19N3O3. The summed E-state index contributed by atoms with van der Waals surface area (Å²) in [7, 11) is 0. The van der Waals surface area contributed by atoms with Crippen molar-refractivity contribution in [2.75, 3.05) is 18.4 Å². The van der Waals surface area contributed by atoms with E-state index in [0.29, 0.717) is 5.56 Å². The van der Waals surface area contributed by atoms with E-state index in [9.17, 15) is 14.9 Å². The molecule has 1 heterocycles. The van der Waals surface area contributed by atoms with Gasteiger partial charge in [-0.05, 0) is 38.8 Å². The molecule has 1 aliphatic rings. The molecule has 1 atom stereocenters. The number of nitrogens with zero attached hydrogens (tertiary/aromatic N) is 2. The maximum absolute atomic E-state index is 12.2. The minimum Gasteiger partial charge on any atom is -0.374 e. The molecule has 1 aliphatic heterocycles. The Kier molecular flexibility index (Phi) is 4.22. The number of amides is 1. The van der Waals surface area contributed by atoms with Gasteiger partial charge in [-0.15, -0.1) is 0 Å². The molecule has 0 bridgehead atoms. The van der Waals surface area contributed by atoms with Crippen LogP contribution >= 0.6 is 0 Å². The van der Waals surface area contributed by atoms with Gasteiger partial charge in [0.1, 0.15) is 6.04 Å². The predicted octanol–water partition coefficient (Wildman–Crippen LogP) is 2.33. The van der Waals surface area contributed by atoms with Gasteiger partial charge in [0.15, 0.2) is 0 Å². The molecule has 1 amide bonds. The lowest BCUT2D eigenvalue weighted by atomic mass is 10.1. The summed E-state index contributed by atoms with van der Waals surface area (Å²) < 4.78 is 0. The standard InChI is InChI=1S/C14H19N3O3/c1-10-9-12(5-6-13(10)17(19)20)15-11(2)14(18)16-7-3-4-8-16/h5-6,9,11,15H,3-4,7-8H2,1-2H3. The quantitative estimate of drug-likeness (QED) is 0.677. The van der Waals surface area contributed by atoms with Gasteiger partial charge in [0.25, 0.3) is 5.69 Å². The Balaban J connectivity index is 2.04. The van der Waals surface area contributed by atoms with Gasteiger partial charge >= 0.3 is 0 Å². The Labute approximate surface area is 117 Å². The van der Waals surface area contributed by atoms with E-state index in [1.165, 1.54) is 6.07 Å². The number of hydrogen-bond donors (Lipinski definition) is 1. The molecule has 0 radical (unpaired) electrons.